The number of nitrogens with two attached hydrogens (primary N) is 1. The number of hydrogen-bond acceptors (Lipinski definition) is 6. The molecule has 0 amide bonds. The Morgan fingerprint density at radius 3 is 2.76 bits per heavy atom. The molecule has 3 rings (SSSR count). The zero-order chi connectivity index (χ0) is 15.0. The zero-order valence-corrected chi connectivity index (χ0v) is 12.2. The predicted molar refractivity (Wildman–Crippen MR) is 78.8 cm³/mol. The van der Waals surface area contributed by atoms with Crippen LogP contribution < -0.4 is 10.5 Å². The van der Waals surface area contributed by atoms with Crippen molar-refractivity contribution in [2.24, 2.45) is 5.92 Å². The van der Waals surface area contributed by atoms with Gasteiger partial charge in [0.1, 0.15) is 5.75 Å². The van der Waals surface area contributed by atoms with E-state index in [1.807, 2.05) is 18.2 Å². The van der Waals surface area contributed by atoms with Crippen molar-refractivity contribution in [2.75, 3.05) is 12.8 Å². The van der Waals surface area contributed by atoms with Crippen LogP contribution in [0, 0.1) is 5.92 Å². The Morgan fingerprint density at radius 1 is 1.33 bits per heavy atom. The number of rotatable bonds is 4. The largest absolute Gasteiger partial charge is 0.497 e. The van der Waals surface area contributed by atoms with Gasteiger partial charge in [0, 0.05) is 12.6 Å². The third-order valence-corrected chi connectivity index (χ3v) is 3.23. The summed E-state index contributed by atoms with van der Waals surface area (Å²) in [6.07, 6.45) is 0. The summed E-state index contributed by atoms with van der Waals surface area (Å²) in [7, 11) is 1.63. The van der Waals surface area contributed by atoms with E-state index < -0.39 is 0 Å². The average molecular weight is 287 g/mol. The van der Waals surface area contributed by atoms with Gasteiger partial charge in [-0.1, -0.05) is 13.8 Å². The van der Waals surface area contributed by atoms with E-state index in [1.165, 1.54) is 0 Å². The Kier molecular flexibility index (Phi) is 3.25. The van der Waals surface area contributed by atoms with Crippen molar-refractivity contribution < 1.29 is 9.37 Å². The van der Waals surface area contributed by atoms with Crippen LogP contribution in [-0.2, 0) is 6.54 Å². The van der Waals surface area contributed by atoms with Gasteiger partial charge in [-0.3, -0.25) is 0 Å². The lowest BCUT2D eigenvalue weighted by atomic mass is 10.2. The van der Waals surface area contributed by atoms with Gasteiger partial charge in [-0.2, -0.15) is 0 Å². The fraction of sp³-hybridized carbons (Fsp3) is 0.357. The molecule has 0 aliphatic rings. The Labute approximate surface area is 121 Å². The van der Waals surface area contributed by atoms with Gasteiger partial charge in [-0.25, -0.2) is 9.61 Å². The first kappa shape index (κ1) is 13.4. The molecule has 21 heavy (non-hydrogen) atoms. The van der Waals surface area contributed by atoms with Gasteiger partial charge in [-0.15, -0.1) is 0 Å². The van der Waals surface area contributed by atoms with Crippen LogP contribution in [0.1, 0.15) is 13.8 Å². The van der Waals surface area contributed by atoms with Crippen LogP contribution in [0.25, 0.3) is 22.6 Å². The molecule has 1 aromatic carbocycles. The molecule has 7 heteroatoms. The number of ether oxygens (including phenoxy) is 1. The Bertz CT molecular complexity index is 775. The van der Waals surface area contributed by atoms with Crippen molar-refractivity contribution in [3.05, 3.63) is 18.2 Å². The van der Waals surface area contributed by atoms with Crippen LogP contribution in [-0.4, -0.2) is 27.0 Å². The minimum absolute atomic E-state index is 0.238. The van der Waals surface area contributed by atoms with E-state index in [4.69, 9.17) is 15.1 Å². The standard InChI is InChI=1S/C14H17N5O2/c1-8(2)7-19-11-5-4-9(20-3)6-10(11)16-14(19)12-13(15)18-21-17-12/h4-6,8H,7H2,1-3H3,(H2,15,18). The molecule has 0 radical (unpaired) electrons. The Balaban J connectivity index is 2.24. The molecule has 0 bridgehead atoms. The second-order valence-electron chi connectivity index (χ2n) is 5.29. The maximum Gasteiger partial charge on any atom is 0.199 e. The molecule has 3 aromatic rings. The van der Waals surface area contributed by atoms with E-state index in [9.17, 15) is 0 Å². The van der Waals surface area contributed by atoms with E-state index in [0.717, 1.165) is 23.3 Å². The number of imidazole rings is 1. The molecule has 2 aromatic heterocycles. The Hall–Kier alpha value is -2.57. The molecule has 0 saturated heterocycles. The maximum atomic E-state index is 5.80. The van der Waals surface area contributed by atoms with Crippen LogP contribution in [0.15, 0.2) is 22.8 Å². The summed E-state index contributed by atoms with van der Waals surface area (Å²) in [5, 5.41) is 7.50. The highest BCUT2D eigenvalue weighted by molar-refractivity contribution is 5.82. The van der Waals surface area contributed by atoms with Crippen LogP contribution >= 0.6 is 0 Å². The first-order valence-electron chi connectivity index (χ1n) is 6.73. The zero-order valence-electron chi connectivity index (χ0n) is 12.2. The minimum Gasteiger partial charge on any atom is -0.497 e. The number of anilines is 1. The molecule has 0 aliphatic heterocycles. The van der Waals surface area contributed by atoms with Crippen LogP contribution in [0.4, 0.5) is 5.82 Å². The maximum absolute atomic E-state index is 5.80. The van der Waals surface area contributed by atoms with Gasteiger partial charge in [0.2, 0.25) is 0 Å². The number of nitrogens with zero attached hydrogens (tertiary/aromatic N) is 4. The lowest BCUT2D eigenvalue weighted by Gasteiger charge is -2.10. The van der Waals surface area contributed by atoms with Crippen molar-refractivity contribution >= 4 is 16.9 Å². The van der Waals surface area contributed by atoms with Crippen LogP contribution in [0.5, 0.6) is 5.75 Å². The highest BCUT2D eigenvalue weighted by Gasteiger charge is 2.19. The van der Waals surface area contributed by atoms with Gasteiger partial charge < -0.3 is 15.0 Å². The molecule has 0 aliphatic carbocycles. The summed E-state index contributed by atoms with van der Waals surface area (Å²) in [6, 6.07) is 5.78. The fourth-order valence-electron chi connectivity index (χ4n) is 2.32. The lowest BCUT2D eigenvalue weighted by molar-refractivity contribution is 0.310. The average Bonchev–Trinajstić information content (AvgIpc) is 3.02. The number of nitrogen functional groups attached to an aromatic ring is 1. The van der Waals surface area contributed by atoms with Crippen LogP contribution in [0.3, 0.4) is 0 Å². The first-order chi connectivity index (χ1) is 10.1. The highest BCUT2D eigenvalue weighted by Crippen LogP contribution is 2.29. The van der Waals surface area contributed by atoms with Crippen molar-refractivity contribution in [2.45, 2.75) is 20.4 Å². The summed E-state index contributed by atoms with van der Waals surface area (Å²) in [6.45, 7) is 5.08. The summed E-state index contributed by atoms with van der Waals surface area (Å²) in [5.74, 6) is 2.10. The number of aromatic nitrogens is 4. The Morgan fingerprint density at radius 2 is 2.14 bits per heavy atom. The van der Waals surface area contributed by atoms with Crippen molar-refractivity contribution in [3.8, 4) is 17.3 Å². The van der Waals surface area contributed by atoms with Gasteiger partial charge in [0.25, 0.3) is 0 Å². The molecular weight excluding hydrogens is 270 g/mol. The molecule has 0 atom stereocenters. The van der Waals surface area contributed by atoms with E-state index >= 15 is 0 Å². The monoisotopic (exact) mass is 287 g/mol. The van der Waals surface area contributed by atoms with Gasteiger partial charge >= 0.3 is 0 Å². The van der Waals surface area contributed by atoms with Gasteiger partial charge in [-0.05, 0) is 28.4 Å². The normalized spacial score (nSPS) is 11.4. The first-order valence-corrected chi connectivity index (χ1v) is 6.73. The van der Waals surface area contributed by atoms with Crippen LogP contribution in [0.2, 0.25) is 0 Å². The van der Waals surface area contributed by atoms with E-state index in [-0.39, 0.29) is 5.82 Å². The van der Waals surface area contributed by atoms with Gasteiger partial charge in [0.05, 0.1) is 18.1 Å². The summed E-state index contributed by atoms with van der Waals surface area (Å²) in [4.78, 5) is 4.62. The van der Waals surface area contributed by atoms with Crippen molar-refractivity contribution in [1.82, 2.24) is 19.9 Å². The number of methoxy groups -OCH3 is 1. The quantitative estimate of drug-likeness (QED) is 0.791. The van der Waals surface area contributed by atoms with Crippen molar-refractivity contribution in [1.29, 1.82) is 0 Å². The SMILES string of the molecule is COc1ccc2c(c1)nc(-c1nonc1N)n2CC(C)C. The third-order valence-electron chi connectivity index (χ3n) is 3.23. The molecule has 0 unspecified atom stereocenters. The predicted octanol–water partition coefficient (Wildman–Crippen LogP) is 2.33. The topological polar surface area (TPSA) is 92.0 Å². The van der Waals surface area contributed by atoms with E-state index in [2.05, 4.69) is 33.7 Å². The summed E-state index contributed by atoms with van der Waals surface area (Å²) in [5.41, 5.74) is 8.10. The number of hydrogen-bond donors (Lipinski definition) is 1. The van der Waals surface area contributed by atoms with E-state index in [0.29, 0.717) is 17.4 Å². The highest BCUT2D eigenvalue weighted by atomic mass is 16.6. The molecular formula is C14H17N5O2. The van der Waals surface area contributed by atoms with Gasteiger partial charge in [0.15, 0.2) is 17.3 Å². The smallest absolute Gasteiger partial charge is 0.199 e. The lowest BCUT2D eigenvalue weighted by Crippen LogP contribution is -2.07. The molecule has 2 N–H and O–H groups in total. The molecule has 7 nitrogen and oxygen atoms in total. The molecule has 0 saturated carbocycles. The molecule has 0 spiro atoms. The number of fused-ring (bicyclic) bond motifs is 1. The summed E-state index contributed by atoms with van der Waals surface area (Å²) < 4.78 is 12.0. The summed E-state index contributed by atoms with van der Waals surface area (Å²) >= 11 is 0. The van der Waals surface area contributed by atoms with Crippen molar-refractivity contribution in [3.63, 3.8) is 0 Å². The van der Waals surface area contributed by atoms with E-state index in [1.54, 1.807) is 7.11 Å². The fourth-order valence-corrected chi connectivity index (χ4v) is 2.32. The molecule has 2 heterocycles. The number of benzene rings is 1. The second-order valence-corrected chi connectivity index (χ2v) is 5.29. The second kappa shape index (κ2) is 5.08. The minimum atomic E-state index is 0.238. The third kappa shape index (κ3) is 2.31. The molecule has 110 valence electrons. The molecule has 0 fully saturated rings.